The maximum atomic E-state index is 12.8. The van der Waals surface area contributed by atoms with Gasteiger partial charge in [0.25, 0.3) is 0 Å². The molecule has 0 bridgehead atoms. The van der Waals surface area contributed by atoms with Gasteiger partial charge in [0, 0.05) is 37.7 Å². The van der Waals surface area contributed by atoms with E-state index in [9.17, 15) is 4.79 Å². The standard InChI is InChI=1S/C18H28N4O2/c1-2-22(16-7-4-3-5-8-16)18(23)15-20-11-12-24-17(13-20)14-21-10-6-9-19-21/h6-7,9-10,17H,2-5,8,11-15H2,1H3/t17-/m1/s1. The first-order valence-electron chi connectivity index (χ1n) is 9.07. The number of ether oxygens (including phenoxy) is 1. The summed E-state index contributed by atoms with van der Waals surface area (Å²) < 4.78 is 7.72. The molecule has 1 aliphatic carbocycles. The predicted octanol–water partition coefficient (Wildman–Crippen LogP) is 1.89. The molecule has 2 aliphatic rings. The van der Waals surface area contributed by atoms with E-state index < -0.39 is 0 Å². The third kappa shape index (κ3) is 4.45. The Balaban J connectivity index is 1.53. The molecule has 6 heteroatoms. The Morgan fingerprint density at radius 1 is 1.46 bits per heavy atom. The highest BCUT2D eigenvalue weighted by molar-refractivity contribution is 5.80. The van der Waals surface area contributed by atoms with Gasteiger partial charge in [-0.05, 0) is 38.7 Å². The number of hydrogen-bond donors (Lipinski definition) is 0. The van der Waals surface area contributed by atoms with E-state index in [1.54, 1.807) is 6.20 Å². The van der Waals surface area contributed by atoms with Gasteiger partial charge in [0.15, 0.2) is 0 Å². The van der Waals surface area contributed by atoms with Gasteiger partial charge >= 0.3 is 0 Å². The fourth-order valence-electron chi connectivity index (χ4n) is 3.53. The smallest absolute Gasteiger partial charge is 0.240 e. The van der Waals surface area contributed by atoms with Crippen molar-refractivity contribution in [1.29, 1.82) is 0 Å². The van der Waals surface area contributed by atoms with E-state index in [4.69, 9.17) is 4.74 Å². The zero-order chi connectivity index (χ0) is 16.8. The Morgan fingerprint density at radius 2 is 2.38 bits per heavy atom. The fourth-order valence-corrected chi connectivity index (χ4v) is 3.53. The summed E-state index contributed by atoms with van der Waals surface area (Å²) in [5, 5.41) is 4.23. The summed E-state index contributed by atoms with van der Waals surface area (Å²) in [6, 6.07) is 1.92. The summed E-state index contributed by atoms with van der Waals surface area (Å²) >= 11 is 0. The van der Waals surface area contributed by atoms with Crippen LogP contribution in [0.2, 0.25) is 0 Å². The minimum atomic E-state index is 0.0930. The van der Waals surface area contributed by atoms with Crippen molar-refractivity contribution < 1.29 is 9.53 Å². The first kappa shape index (κ1) is 17.2. The van der Waals surface area contributed by atoms with Crippen molar-refractivity contribution in [2.24, 2.45) is 0 Å². The number of allylic oxidation sites excluding steroid dienone is 2. The van der Waals surface area contributed by atoms with Crippen LogP contribution in [0, 0.1) is 0 Å². The Labute approximate surface area is 144 Å². The Kier molecular flexibility index (Phi) is 6.04. The van der Waals surface area contributed by atoms with Gasteiger partial charge in [-0.25, -0.2) is 0 Å². The second kappa shape index (κ2) is 8.44. The van der Waals surface area contributed by atoms with E-state index in [1.807, 2.05) is 21.8 Å². The third-order valence-corrected chi connectivity index (χ3v) is 4.76. The second-order valence-electron chi connectivity index (χ2n) is 6.54. The minimum absolute atomic E-state index is 0.0930. The molecule has 1 atom stereocenters. The van der Waals surface area contributed by atoms with Gasteiger partial charge < -0.3 is 9.64 Å². The number of rotatable bonds is 6. The molecule has 1 fully saturated rings. The Bertz CT molecular complexity index is 555. The summed E-state index contributed by atoms with van der Waals surface area (Å²) in [5.41, 5.74) is 1.22. The van der Waals surface area contributed by atoms with E-state index in [0.717, 1.165) is 39.0 Å². The van der Waals surface area contributed by atoms with Crippen LogP contribution in [-0.4, -0.2) is 64.4 Å². The Morgan fingerprint density at radius 3 is 3.08 bits per heavy atom. The monoisotopic (exact) mass is 332 g/mol. The fraction of sp³-hybridized carbons (Fsp3) is 0.667. The molecule has 6 nitrogen and oxygen atoms in total. The maximum Gasteiger partial charge on any atom is 0.240 e. The molecule has 0 saturated carbocycles. The van der Waals surface area contributed by atoms with Gasteiger partial charge in [-0.3, -0.25) is 14.4 Å². The van der Waals surface area contributed by atoms with Crippen molar-refractivity contribution in [1.82, 2.24) is 19.6 Å². The largest absolute Gasteiger partial charge is 0.374 e. The average Bonchev–Trinajstić information content (AvgIpc) is 3.10. The van der Waals surface area contributed by atoms with Crippen LogP contribution < -0.4 is 0 Å². The normalized spacial score (nSPS) is 22.2. The van der Waals surface area contributed by atoms with Crippen molar-refractivity contribution >= 4 is 5.91 Å². The number of morpholine rings is 1. The van der Waals surface area contributed by atoms with Crippen LogP contribution >= 0.6 is 0 Å². The predicted molar refractivity (Wildman–Crippen MR) is 92.3 cm³/mol. The minimum Gasteiger partial charge on any atom is -0.374 e. The van der Waals surface area contributed by atoms with E-state index in [1.165, 1.54) is 18.5 Å². The summed E-state index contributed by atoms with van der Waals surface area (Å²) in [6.07, 6.45) is 10.6. The van der Waals surface area contributed by atoms with Crippen LogP contribution in [0.25, 0.3) is 0 Å². The van der Waals surface area contributed by atoms with Crippen LogP contribution in [0.3, 0.4) is 0 Å². The molecular formula is C18H28N4O2. The molecule has 0 N–H and O–H groups in total. The summed E-state index contributed by atoms with van der Waals surface area (Å²) in [5.74, 6) is 0.213. The molecule has 0 spiro atoms. The molecule has 1 aliphatic heterocycles. The van der Waals surface area contributed by atoms with Gasteiger partial charge in [0.2, 0.25) is 5.91 Å². The quantitative estimate of drug-likeness (QED) is 0.798. The van der Waals surface area contributed by atoms with Crippen molar-refractivity contribution in [3.63, 3.8) is 0 Å². The SMILES string of the molecule is CCN(C(=O)CN1CCO[C@@H](Cn2cccn2)C1)C1=CCCCC1. The van der Waals surface area contributed by atoms with E-state index in [2.05, 4.69) is 23.0 Å². The number of amides is 1. The van der Waals surface area contributed by atoms with Crippen LogP contribution in [0.4, 0.5) is 0 Å². The molecule has 1 amide bonds. The molecule has 1 aromatic heterocycles. The highest BCUT2D eigenvalue weighted by Crippen LogP contribution is 2.21. The average molecular weight is 332 g/mol. The van der Waals surface area contributed by atoms with Crippen molar-refractivity contribution in [2.45, 2.75) is 45.3 Å². The van der Waals surface area contributed by atoms with Gasteiger partial charge in [0.05, 0.1) is 25.8 Å². The van der Waals surface area contributed by atoms with Gasteiger partial charge in [0.1, 0.15) is 0 Å². The lowest BCUT2D eigenvalue weighted by molar-refractivity contribution is -0.132. The molecule has 0 radical (unpaired) electrons. The highest BCUT2D eigenvalue weighted by Gasteiger charge is 2.25. The number of carbonyl (C=O) groups is 1. The molecule has 1 aromatic rings. The zero-order valence-corrected chi connectivity index (χ0v) is 14.6. The van der Waals surface area contributed by atoms with Crippen LogP contribution in [0.1, 0.15) is 32.6 Å². The van der Waals surface area contributed by atoms with Gasteiger partial charge in [-0.2, -0.15) is 5.10 Å². The van der Waals surface area contributed by atoms with Gasteiger partial charge in [-0.1, -0.05) is 6.08 Å². The molecule has 2 heterocycles. The topological polar surface area (TPSA) is 50.6 Å². The zero-order valence-electron chi connectivity index (χ0n) is 14.6. The number of aromatic nitrogens is 2. The lowest BCUT2D eigenvalue weighted by atomic mass is 10.0. The number of nitrogens with zero attached hydrogens (tertiary/aromatic N) is 4. The molecule has 3 rings (SSSR count). The molecule has 0 unspecified atom stereocenters. The summed E-state index contributed by atoms with van der Waals surface area (Å²) in [6.45, 7) is 6.30. The second-order valence-corrected chi connectivity index (χ2v) is 6.54. The number of carbonyl (C=O) groups excluding carboxylic acids is 1. The van der Waals surface area contributed by atoms with Crippen LogP contribution in [-0.2, 0) is 16.1 Å². The molecular weight excluding hydrogens is 304 g/mol. The molecule has 24 heavy (non-hydrogen) atoms. The lowest BCUT2D eigenvalue weighted by Crippen LogP contribution is -2.48. The van der Waals surface area contributed by atoms with E-state index in [-0.39, 0.29) is 12.0 Å². The first-order chi connectivity index (χ1) is 11.8. The maximum absolute atomic E-state index is 12.8. The van der Waals surface area contributed by atoms with Crippen molar-refractivity contribution in [2.75, 3.05) is 32.8 Å². The third-order valence-electron chi connectivity index (χ3n) is 4.76. The van der Waals surface area contributed by atoms with Gasteiger partial charge in [-0.15, -0.1) is 0 Å². The molecule has 0 aromatic carbocycles. The van der Waals surface area contributed by atoms with Crippen molar-refractivity contribution in [3.05, 3.63) is 30.2 Å². The van der Waals surface area contributed by atoms with Crippen molar-refractivity contribution in [3.8, 4) is 0 Å². The summed E-state index contributed by atoms with van der Waals surface area (Å²) in [4.78, 5) is 16.9. The van der Waals surface area contributed by atoms with E-state index >= 15 is 0 Å². The van der Waals surface area contributed by atoms with Crippen LogP contribution in [0.5, 0.6) is 0 Å². The van der Waals surface area contributed by atoms with E-state index in [0.29, 0.717) is 13.2 Å². The first-order valence-corrected chi connectivity index (χ1v) is 9.07. The lowest BCUT2D eigenvalue weighted by Gasteiger charge is -2.34. The number of likely N-dealkylation sites (N-methyl/N-ethyl adjacent to an activating group) is 1. The molecule has 1 saturated heterocycles. The number of hydrogen-bond acceptors (Lipinski definition) is 4. The van der Waals surface area contributed by atoms with Crippen LogP contribution in [0.15, 0.2) is 30.2 Å². The molecule has 132 valence electrons. The highest BCUT2D eigenvalue weighted by atomic mass is 16.5. The Hall–Kier alpha value is -1.66. The summed E-state index contributed by atoms with van der Waals surface area (Å²) in [7, 11) is 0.